The molecule has 4 atom stereocenters. The number of carboxylic acid groups (broad SMARTS) is 1. The number of aliphatic hydroxyl groups excluding tert-OH is 2. The Morgan fingerprint density at radius 3 is 2.25 bits per heavy atom. The largest absolute Gasteiger partial charge is 0.481 e. The van der Waals surface area contributed by atoms with E-state index in [2.05, 4.69) is 20.8 Å². The van der Waals surface area contributed by atoms with Crippen LogP contribution in [0.5, 0.6) is 0 Å². The van der Waals surface area contributed by atoms with Crippen LogP contribution in [0.25, 0.3) is 0 Å². The highest BCUT2D eigenvalue weighted by Gasteiger charge is 2.58. The lowest BCUT2D eigenvalue weighted by molar-refractivity contribution is -0.157. The van der Waals surface area contributed by atoms with E-state index in [1.807, 2.05) is 13.1 Å². The minimum Gasteiger partial charge on any atom is -0.481 e. The van der Waals surface area contributed by atoms with Crippen molar-refractivity contribution in [1.29, 1.82) is 0 Å². The Morgan fingerprint density at radius 2 is 1.85 bits per heavy atom. The van der Waals surface area contributed by atoms with Gasteiger partial charge in [-0.05, 0) is 25.1 Å². The molecule has 6 nitrogen and oxygen atoms in total. The van der Waals surface area contributed by atoms with E-state index in [1.165, 1.54) is 6.92 Å². The first-order valence-electron chi connectivity index (χ1n) is 6.73. The van der Waals surface area contributed by atoms with E-state index >= 15 is 0 Å². The van der Waals surface area contributed by atoms with Crippen LogP contribution in [0, 0.1) is 5.41 Å². The predicted octanol–water partition coefficient (Wildman–Crippen LogP) is 1.18. The van der Waals surface area contributed by atoms with Crippen molar-refractivity contribution >= 4 is 14.3 Å². The lowest BCUT2D eigenvalue weighted by Gasteiger charge is -2.38. The summed E-state index contributed by atoms with van der Waals surface area (Å²) in [5.41, 5.74) is -1.57. The molecule has 0 aromatic heterocycles. The minimum absolute atomic E-state index is 0.0114. The molecule has 3 N–H and O–H groups in total. The topological polar surface area (TPSA) is 96.2 Å². The van der Waals surface area contributed by atoms with Gasteiger partial charge in [-0.25, -0.2) is 0 Å². The van der Waals surface area contributed by atoms with Crippen LogP contribution in [0.15, 0.2) is 0 Å². The fraction of sp³-hybridized carbons (Fsp3) is 0.923. The van der Waals surface area contributed by atoms with E-state index < -0.39 is 38.2 Å². The van der Waals surface area contributed by atoms with Crippen LogP contribution in [0.4, 0.5) is 0 Å². The Kier molecular flexibility index (Phi) is 4.73. The molecule has 0 bridgehead atoms. The molecule has 4 unspecified atom stereocenters. The first-order valence-corrected chi connectivity index (χ1v) is 9.64. The maximum Gasteiger partial charge on any atom is 0.314 e. The molecule has 1 heterocycles. The van der Waals surface area contributed by atoms with Crippen LogP contribution >= 0.6 is 0 Å². The van der Waals surface area contributed by atoms with Crippen LogP contribution < -0.4 is 0 Å². The van der Waals surface area contributed by atoms with E-state index in [-0.39, 0.29) is 11.6 Å². The second kappa shape index (κ2) is 5.38. The van der Waals surface area contributed by atoms with Crippen LogP contribution in [0.3, 0.4) is 0 Å². The van der Waals surface area contributed by atoms with Gasteiger partial charge in [0.15, 0.2) is 14.6 Å². The number of carboxylic acids is 1. The Balaban J connectivity index is 2.85. The lowest BCUT2D eigenvalue weighted by Crippen LogP contribution is -2.49. The highest BCUT2D eigenvalue weighted by Crippen LogP contribution is 2.41. The molecule has 118 valence electrons. The molecule has 1 aliphatic heterocycles. The third-order valence-corrected chi connectivity index (χ3v) is 9.22. The zero-order valence-corrected chi connectivity index (χ0v) is 14.0. The first kappa shape index (κ1) is 17.6. The molecule has 0 aromatic rings. The lowest BCUT2D eigenvalue weighted by atomic mass is 9.81. The summed E-state index contributed by atoms with van der Waals surface area (Å²) in [6.45, 7) is 11.8. The molecule has 0 spiro atoms. The van der Waals surface area contributed by atoms with Gasteiger partial charge in [-0.3, -0.25) is 4.79 Å². The van der Waals surface area contributed by atoms with E-state index in [1.54, 1.807) is 0 Å². The standard InChI is InChI=1S/C13H26O6Si/c1-12(2,3)20(5,6)18-7-8-13(4,11(16)17)9(14)10(15)19-8/h8-10,14-15H,7H2,1-6H3,(H,16,17). The summed E-state index contributed by atoms with van der Waals surface area (Å²) in [7, 11) is -2.05. The van der Waals surface area contributed by atoms with Crippen molar-refractivity contribution in [1.82, 2.24) is 0 Å². The van der Waals surface area contributed by atoms with Gasteiger partial charge in [-0.2, -0.15) is 0 Å². The van der Waals surface area contributed by atoms with Crippen LogP contribution in [-0.4, -0.2) is 54.7 Å². The molecular weight excluding hydrogens is 280 g/mol. The third-order valence-electron chi connectivity index (χ3n) is 4.72. The van der Waals surface area contributed by atoms with E-state index in [9.17, 15) is 20.1 Å². The van der Waals surface area contributed by atoms with Gasteiger partial charge < -0.3 is 24.5 Å². The summed E-state index contributed by atoms with van der Waals surface area (Å²) >= 11 is 0. The van der Waals surface area contributed by atoms with Gasteiger partial charge in [0.1, 0.15) is 17.6 Å². The average molecular weight is 306 g/mol. The molecule has 0 aliphatic carbocycles. The predicted molar refractivity (Wildman–Crippen MR) is 75.8 cm³/mol. The van der Waals surface area contributed by atoms with Gasteiger partial charge in [0, 0.05) is 0 Å². The molecule has 0 aromatic carbocycles. The van der Waals surface area contributed by atoms with E-state index in [0.29, 0.717) is 0 Å². The summed E-state index contributed by atoms with van der Waals surface area (Å²) in [4.78, 5) is 11.4. The van der Waals surface area contributed by atoms with Crippen molar-refractivity contribution in [3.8, 4) is 0 Å². The molecule has 20 heavy (non-hydrogen) atoms. The van der Waals surface area contributed by atoms with Gasteiger partial charge >= 0.3 is 5.97 Å². The zero-order chi connectivity index (χ0) is 15.9. The summed E-state index contributed by atoms with van der Waals surface area (Å²) in [6, 6.07) is 0. The molecule has 1 aliphatic rings. The fourth-order valence-corrected chi connectivity index (χ4v) is 2.85. The van der Waals surface area contributed by atoms with Crippen molar-refractivity contribution in [2.24, 2.45) is 5.41 Å². The van der Waals surface area contributed by atoms with Crippen molar-refractivity contribution in [3.05, 3.63) is 0 Å². The Labute approximate surface area is 120 Å². The van der Waals surface area contributed by atoms with Crippen LogP contribution in [-0.2, 0) is 14.0 Å². The van der Waals surface area contributed by atoms with Crippen molar-refractivity contribution < 1.29 is 29.3 Å². The van der Waals surface area contributed by atoms with E-state index in [0.717, 1.165) is 0 Å². The maximum absolute atomic E-state index is 11.4. The summed E-state index contributed by atoms with van der Waals surface area (Å²) < 4.78 is 11.1. The molecule has 0 radical (unpaired) electrons. The third kappa shape index (κ3) is 2.91. The number of ether oxygens (including phenoxy) is 1. The van der Waals surface area contributed by atoms with E-state index in [4.69, 9.17) is 9.16 Å². The molecular formula is C13H26O6Si. The highest BCUT2D eigenvalue weighted by molar-refractivity contribution is 6.74. The maximum atomic E-state index is 11.4. The normalized spacial score (nSPS) is 35.3. The van der Waals surface area contributed by atoms with Gasteiger partial charge in [0.25, 0.3) is 0 Å². The quantitative estimate of drug-likeness (QED) is 0.675. The van der Waals surface area contributed by atoms with Gasteiger partial charge in [-0.1, -0.05) is 20.8 Å². The Hall–Kier alpha value is -0.473. The Morgan fingerprint density at radius 1 is 1.35 bits per heavy atom. The molecule has 0 amide bonds. The second-order valence-electron chi connectivity index (χ2n) is 7.12. The molecule has 1 rings (SSSR count). The number of hydrogen-bond donors (Lipinski definition) is 3. The minimum atomic E-state index is -2.05. The monoisotopic (exact) mass is 306 g/mol. The summed E-state index contributed by atoms with van der Waals surface area (Å²) in [5.74, 6) is -1.20. The number of aliphatic hydroxyl groups is 2. The van der Waals surface area contributed by atoms with Crippen LogP contribution in [0.1, 0.15) is 27.7 Å². The fourth-order valence-electron chi connectivity index (χ4n) is 1.85. The number of rotatable bonds is 4. The number of carbonyl (C=O) groups is 1. The van der Waals surface area contributed by atoms with Gasteiger partial charge in [0.05, 0.1) is 6.61 Å². The van der Waals surface area contributed by atoms with Crippen molar-refractivity contribution in [2.75, 3.05) is 6.61 Å². The molecule has 1 fully saturated rings. The average Bonchev–Trinajstić information content (AvgIpc) is 2.50. The van der Waals surface area contributed by atoms with Gasteiger partial charge in [-0.15, -0.1) is 0 Å². The summed E-state index contributed by atoms with van der Waals surface area (Å²) in [5, 5.41) is 28.7. The zero-order valence-electron chi connectivity index (χ0n) is 13.0. The highest BCUT2D eigenvalue weighted by atomic mass is 28.4. The summed E-state index contributed by atoms with van der Waals surface area (Å²) in [6.07, 6.45) is -3.84. The molecule has 0 saturated carbocycles. The first-order chi connectivity index (χ1) is 8.84. The number of hydrogen-bond acceptors (Lipinski definition) is 5. The Bertz CT molecular complexity index is 378. The van der Waals surface area contributed by atoms with Crippen molar-refractivity contribution in [3.63, 3.8) is 0 Å². The molecule has 7 heteroatoms. The number of aliphatic carboxylic acids is 1. The smallest absolute Gasteiger partial charge is 0.314 e. The van der Waals surface area contributed by atoms with Crippen LogP contribution in [0.2, 0.25) is 18.1 Å². The van der Waals surface area contributed by atoms with Crippen molar-refractivity contribution in [2.45, 2.75) is 64.3 Å². The molecule has 1 saturated heterocycles. The van der Waals surface area contributed by atoms with Gasteiger partial charge in [0.2, 0.25) is 0 Å². The SMILES string of the molecule is CC1(C(=O)O)C(CO[Si](C)(C)C(C)(C)C)OC(O)C1O. The second-order valence-corrected chi connectivity index (χ2v) is 11.9.